The van der Waals surface area contributed by atoms with Crippen LogP contribution in [0.4, 0.5) is 15.4 Å². The molecule has 4 heterocycles. The number of piperidine rings is 1. The van der Waals surface area contributed by atoms with E-state index < -0.39 is 24.1 Å². The van der Waals surface area contributed by atoms with E-state index in [-0.39, 0.29) is 24.4 Å². The summed E-state index contributed by atoms with van der Waals surface area (Å²) in [6.07, 6.45) is 3.17. The van der Waals surface area contributed by atoms with Crippen molar-refractivity contribution in [3.63, 3.8) is 0 Å². The average molecular weight is 674 g/mol. The topological polar surface area (TPSA) is 160 Å². The van der Waals surface area contributed by atoms with Crippen LogP contribution in [0.25, 0.3) is 22.6 Å². The van der Waals surface area contributed by atoms with Crippen LogP contribution in [0.3, 0.4) is 0 Å². The van der Waals surface area contributed by atoms with Crippen LogP contribution in [0.1, 0.15) is 76.0 Å². The quantitative estimate of drug-likeness (QED) is 0.204. The van der Waals surface area contributed by atoms with Gasteiger partial charge < -0.3 is 19.1 Å². The van der Waals surface area contributed by atoms with Crippen molar-refractivity contribution in [1.29, 1.82) is 0 Å². The number of carbonyl (C=O) groups excluding carboxylic acids is 3. The molecule has 0 aliphatic carbocycles. The number of ether oxygens (including phenoxy) is 3. The fourth-order valence-electron chi connectivity index (χ4n) is 5.67. The number of hydrogen-bond donors (Lipinski definition) is 0. The predicted octanol–water partition coefficient (Wildman–Crippen LogP) is 5.57. The summed E-state index contributed by atoms with van der Waals surface area (Å²) in [5, 5.41) is 17.2. The first kappa shape index (κ1) is 35.0. The van der Waals surface area contributed by atoms with Crippen molar-refractivity contribution in [2.45, 2.75) is 78.7 Å². The van der Waals surface area contributed by atoms with Crippen LogP contribution in [-0.4, -0.2) is 89.4 Å². The molecule has 260 valence electrons. The standard InChI is InChI=1S/C34H43N9O6/c1-8-27(48-33(46)47-9-2)43-38-29(37-39-43)28-26(20-36-40(28)7)23-14-16-24(17-15-23)31(44)42(30-22(3)12-10-18-35-30)25-13-11-19-41(21-25)32(45)49-34(4,5)6/h10,12,14-18,20,25,27H,8-9,11,13,19,21H2,1-7H3. The number of pyridine rings is 1. The molecule has 15 nitrogen and oxygen atoms in total. The van der Waals surface area contributed by atoms with Crippen molar-refractivity contribution in [2.75, 3.05) is 24.6 Å². The average Bonchev–Trinajstić information content (AvgIpc) is 3.71. The lowest BCUT2D eigenvalue weighted by atomic mass is 10.0. The lowest BCUT2D eigenvalue weighted by Gasteiger charge is -2.39. The lowest BCUT2D eigenvalue weighted by molar-refractivity contribution is -0.0159. The Labute approximate surface area is 285 Å². The normalized spacial score (nSPS) is 15.4. The zero-order valence-electron chi connectivity index (χ0n) is 29.0. The lowest BCUT2D eigenvalue weighted by Crippen LogP contribution is -2.53. The molecular weight excluding hydrogens is 630 g/mol. The fourth-order valence-corrected chi connectivity index (χ4v) is 5.67. The zero-order chi connectivity index (χ0) is 35.3. The summed E-state index contributed by atoms with van der Waals surface area (Å²) < 4.78 is 17.5. The van der Waals surface area contributed by atoms with E-state index in [1.807, 2.05) is 58.9 Å². The number of nitrogens with zero attached hydrogens (tertiary/aromatic N) is 9. The fraction of sp³-hybridized carbons (Fsp3) is 0.471. The van der Waals surface area contributed by atoms with Gasteiger partial charge in [0, 0.05) is 43.9 Å². The maximum absolute atomic E-state index is 14.3. The number of aryl methyl sites for hydroxylation is 2. The molecule has 2 atom stereocenters. The van der Waals surface area contributed by atoms with Gasteiger partial charge in [0.2, 0.25) is 12.1 Å². The molecule has 4 aromatic rings. The number of hydrogen-bond acceptors (Lipinski definition) is 11. The summed E-state index contributed by atoms with van der Waals surface area (Å²) in [5.41, 5.74) is 2.76. The molecule has 2 amide bonds. The Morgan fingerprint density at radius 1 is 1.10 bits per heavy atom. The highest BCUT2D eigenvalue weighted by Crippen LogP contribution is 2.32. The zero-order valence-corrected chi connectivity index (χ0v) is 29.0. The Morgan fingerprint density at radius 2 is 1.86 bits per heavy atom. The molecule has 49 heavy (non-hydrogen) atoms. The van der Waals surface area contributed by atoms with Crippen LogP contribution in [0.5, 0.6) is 0 Å². The van der Waals surface area contributed by atoms with Crippen molar-refractivity contribution < 1.29 is 28.6 Å². The van der Waals surface area contributed by atoms with Crippen molar-refractivity contribution in [3.8, 4) is 22.6 Å². The van der Waals surface area contributed by atoms with E-state index in [9.17, 15) is 14.4 Å². The first-order valence-corrected chi connectivity index (χ1v) is 16.4. The molecular formula is C34H43N9O6. The third-order valence-corrected chi connectivity index (χ3v) is 7.97. The summed E-state index contributed by atoms with van der Waals surface area (Å²) in [6, 6.07) is 10.7. The summed E-state index contributed by atoms with van der Waals surface area (Å²) in [5.74, 6) is 0.603. The highest BCUT2D eigenvalue weighted by Gasteiger charge is 2.35. The van der Waals surface area contributed by atoms with Crippen molar-refractivity contribution in [1.82, 2.24) is 39.9 Å². The Morgan fingerprint density at radius 3 is 2.53 bits per heavy atom. The van der Waals surface area contributed by atoms with Gasteiger partial charge in [-0.15, -0.1) is 15.0 Å². The second kappa shape index (κ2) is 14.8. The summed E-state index contributed by atoms with van der Waals surface area (Å²) >= 11 is 0. The molecule has 15 heteroatoms. The van der Waals surface area contributed by atoms with Gasteiger partial charge in [0.15, 0.2) is 0 Å². The predicted molar refractivity (Wildman–Crippen MR) is 180 cm³/mol. The van der Waals surface area contributed by atoms with Crippen molar-refractivity contribution in [2.24, 2.45) is 7.05 Å². The molecule has 3 aromatic heterocycles. The van der Waals surface area contributed by atoms with E-state index in [0.29, 0.717) is 43.0 Å². The summed E-state index contributed by atoms with van der Waals surface area (Å²) in [4.78, 5) is 48.4. The van der Waals surface area contributed by atoms with Crippen LogP contribution in [0, 0.1) is 6.92 Å². The van der Waals surface area contributed by atoms with E-state index in [1.54, 1.807) is 53.0 Å². The van der Waals surface area contributed by atoms with Gasteiger partial charge in [0.25, 0.3) is 5.91 Å². The SMILES string of the molecule is CCOC(=O)OC(CC)n1nnc(-c2c(-c3ccc(C(=O)N(c4ncccc4C)C4CCCN(C(=O)OC(C)(C)C)C4)cc3)cnn2C)n1. The molecule has 0 bridgehead atoms. The maximum atomic E-state index is 14.3. The van der Waals surface area contributed by atoms with E-state index in [0.717, 1.165) is 23.1 Å². The maximum Gasteiger partial charge on any atom is 0.510 e. The smallest absolute Gasteiger partial charge is 0.444 e. The Bertz CT molecular complexity index is 1780. The number of carbonyl (C=O) groups is 3. The van der Waals surface area contributed by atoms with Crippen LogP contribution in [0.2, 0.25) is 0 Å². The number of tetrazole rings is 1. The molecule has 0 saturated carbocycles. The molecule has 5 rings (SSSR count). The van der Waals surface area contributed by atoms with Gasteiger partial charge in [0.05, 0.1) is 18.8 Å². The molecule has 1 aliphatic heterocycles. The number of anilines is 1. The molecule has 1 aromatic carbocycles. The van der Waals surface area contributed by atoms with Gasteiger partial charge in [-0.25, -0.2) is 14.6 Å². The second-order valence-corrected chi connectivity index (χ2v) is 12.7. The summed E-state index contributed by atoms with van der Waals surface area (Å²) in [6.45, 7) is 12.0. The summed E-state index contributed by atoms with van der Waals surface area (Å²) in [7, 11) is 1.77. The van der Waals surface area contributed by atoms with E-state index in [2.05, 4.69) is 25.5 Å². The third kappa shape index (κ3) is 8.04. The highest BCUT2D eigenvalue weighted by atomic mass is 16.7. The first-order chi connectivity index (χ1) is 23.4. The first-order valence-electron chi connectivity index (χ1n) is 16.4. The number of amides is 2. The van der Waals surface area contributed by atoms with Gasteiger partial charge in [-0.1, -0.05) is 25.1 Å². The van der Waals surface area contributed by atoms with Crippen LogP contribution >= 0.6 is 0 Å². The van der Waals surface area contributed by atoms with Gasteiger partial charge in [-0.05, 0) is 82.0 Å². The van der Waals surface area contributed by atoms with E-state index >= 15 is 0 Å². The number of aromatic nitrogens is 7. The van der Waals surface area contributed by atoms with Crippen LogP contribution in [-0.2, 0) is 21.3 Å². The van der Waals surface area contributed by atoms with Crippen molar-refractivity contribution in [3.05, 3.63) is 59.9 Å². The molecule has 2 unspecified atom stereocenters. The minimum Gasteiger partial charge on any atom is -0.444 e. The Hall–Kier alpha value is -5.34. The molecule has 1 fully saturated rings. The third-order valence-electron chi connectivity index (χ3n) is 7.97. The molecule has 1 aliphatic rings. The monoisotopic (exact) mass is 673 g/mol. The van der Waals surface area contributed by atoms with E-state index in [1.165, 1.54) is 4.80 Å². The number of rotatable bonds is 9. The minimum atomic E-state index is -0.815. The Balaban J connectivity index is 1.41. The number of likely N-dealkylation sites (tertiary alicyclic amines) is 1. The molecule has 0 spiro atoms. The highest BCUT2D eigenvalue weighted by molar-refractivity contribution is 6.06. The number of benzene rings is 1. The second-order valence-electron chi connectivity index (χ2n) is 12.7. The largest absolute Gasteiger partial charge is 0.510 e. The minimum absolute atomic E-state index is 0.183. The Kier molecular flexibility index (Phi) is 10.6. The molecule has 1 saturated heterocycles. The van der Waals surface area contributed by atoms with Gasteiger partial charge in [0.1, 0.15) is 17.1 Å². The molecule has 0 radical (unpaired) electrons. The van der Waals surface area contributed by atoms with Gasteiger partial charge in [-0.2, -0.15) is 5.10 Å². The molecule has 0 N–H and O–H groups in total. The van der Waals surface area contributed by atoms with Gasteiger partial charge >= 0.3 is 12.2 Å². The van der Waals surface area contributed by atoms with Crippen LogP contribution < -0.4 is 4.90 Å². The van der Waals surface area contributed by atoms with Gasteiger partial charge in [-0.3, -0.25) is 14.4 Å². The van der Waals surface area contributed by atoms with Crippen molar-refractivity contribution >= 4 is 24.0 Å². The van der Waals surface area contributed by atoms with Crippen LogP contribution in [0.15, 0.2) is 48.8 Å². The van der Waals surface area contributed by atoms with E-state index in [4.69, 9.17) is 14.2 Å².